The van der Waals surface area contributed by atoms with E-state index in [4.69, 9.17) is 4.74 Å². The Bertz CT molecular complexity index is 439. The quantitative estimate of drug-likeness (QED) is 0.776. The minimum atomic E-state index is -0.335. The number of ether oxygens (including phenoxy) is 1. The average molecular weight is 278 g/mol. The Morgan fingerprint density at radius 1 is 1.10 bits per heavy atom. The van der Waals surface area contributed by atoms with Gasteiger partial charge in [0.15, 0.2) is 0 Å². The van der Waals surface area contributed by atoms with Crippen LogP contribution in [0.4, 0.5) is 5.69 Å². The fourth-order valence-corrected chi connectivity index (χ4v) is 1.80. The Morgan fingerprint density at radius 2 is 1.70 bits per heavy atom. The standard InChI is InChI=1S/C15H22N2O3/c1-4-17(5-2)14(18)11-16-13-9-7-12(8-10-13)15(19)20-6-3/h7-10,16H,4-6,11H2,1-3H3. The minimum Gasteiger partial charge on any atom is -0.462 e. The van der Waals surface area contributed by atoms with Crippen molar-refractivity contribution in [3.8, 4) is 0 Å². The van der Waals surface area contributed by atoms with E-state index >= 15 is 0 Å². The molecule has 1 aromatic carbocycles. The van der Waals surface area contributed by atoms with Crippen LogP contribution in [0.5, 0.6) is 0 Å². The summed E-state index contributed by atoms with van der Waals surface area (Å²) in [6.07, 6.45) is 0. The molecule has 5 nitrogen and oxygen atoms in total. The fraction of sp³-hybridized carbons (Fsp3) is 0.467. The van der Waals surface area contributed by atoms with E-state index in [0.29, 0.717) is 25.3 Å². The maximum atomic E-state index is 11.8. The third-order valence-electron chi connectivity index (χ3n) is 2.96. The number of carbonyl (C=O) groups excluding carboxylic acids is 2. The SMILES string of the molecule is CCOC(=O)c1ccc(NCC(=O)N(CC)CC)cc1. The molecule has 1 rings (SSSR count). The predicted octanol–water partition coefficient (Wildman–Crippen LogP) is 2.14. The highest BCUT2D eigenvalue weighted by atomic mass is 16.5. The van der Waals surface area contributed by atoms with Crippen LogP contribution >= 0.6 is 0 Å². The van der Waals surface area contributed by atoms with E-state index in [1.54, 1.807) is 36.1 Å². The van der Waals surface area contributed by atoms with E-state index in [-0.39, 0.29) is 18.4 Å². The number of likely N-dealkylation sites (N-methyl/N-ethyl adjacent to an activating group) is 1. The topological polar surface area (TPSA) is 58.6 Å². The van der Waals surface area contributed by atoms with Crippen molar-refractivity contribution in [3.05, 3.63) is 29.8 Å². The maximum absolute atomic E-state index is 11.8. The summed E-state index contributed by atoms with van der Waals surface area (Å²) in [6, 6.07) is 6.90. The summed E-state index contributed by atoms with van der Waals surface area (Å²) in [5.74, 6) is -0.275. The Morgan fingerprint density at radius 3 is 2.20 bits per heavy atom. The van der Waals surface area contributed by atoms with Crippen LogP contribution in [0.1, 0.15) is 31.1 Å². The number of benzene rings is 1. The number of esters is 1. The molecule has 1 amide bonds. The van der Waals surface area contributed by atoms with Crippen molar-refractivity contribution < 1.29 is 14.3 Å². The van der Waals surface area contributed by atoms with Gasteiger partial charge in [-0.25, -0.2) is 4.79 Å². The monoisotopic (exact) mass is 278 g/mol. The van der Waals surface area contributed by atoms with Gasteiger partial charge in [0.2, 0.25) is 5.91 Å². The number of amides is 1. The van der Waals surface area contributed by atoms with Gasteiger partial charge >= 0.3 is 5.97 Å². The molecular weight excluding hydrogens is 256 g/mol. The highest BCUT2D eigenvalue weighted by Crippen LogP contribution is 2.10. The molecule has 0 spiro atoms. The van der Waals surface area contributed by atoms with Gasteiger partial charge in [-0.2, -0.15) is 0 Å². The number of rotatable bonds is 7. The van der Waals surface area contributed by atoms with E-state index in [1.165, 1.54) is 0 Å². The lowest BCUT2D eigenvalue weighted by atomic mass is 10.2. The molecule has 5 heteroatoms. The van der Waals surface area contributed by atoms with Gasteiger partial charge < -0.3 is 15.0 Å². The molecule has 0 unspecified atom stereocenters. The summed E-state index contributed by atoms with van der Waals surface area (Å²) in [5, 5.41) is 3.05. The van der Waals surface area contributed by atoms with Crippen LogP contribution in [0.2, 0.25) is 0 Å². The third kappa shape index (κ3) is 4.57. The van der Waals surface area contributed by atoms with Crippen LogP contribution in [0.15, 0.2) is 24.3 Å². The van der Waals surface area contributed by atoms with Crippen molar-refractivity contribution in [2.75, 3.05) is 31.6 Å². The van der Waals surface area contributed by atoms with Gasteiger partial charge in [0.25, 0.3) is 0 Å². The predicted molar refractivity (Wildman–Crippen MR) is 78.8 cm³/mol. The minimum absolute atomic E-state index is 0.0597. The third-order valence-corrected chi connectivity index (χ3v) is 2.96. The summed E-state index contributed by atoms with van der Waals surface area (Å²) >= 11 is 0. The lowest BCUT2D eigenvalue weighted by Gasteiger charge is -2.19. The summed E-state index contributed by atoms with van der Waals surface area (Å²) < 4.78 is 4.91. The van der Waals surface area contributed by atoms with Crippen molar-refractivity contribution in [2.45, 2.75) is 20.8 Å². The van der Waals surface area contributed by atoms with Gasteiger partial charge in [-0.1, -0.05) is 0 Å². The number of nitrogens with zero attached hydrogens (tertiary/aromatic N) is 1. The molecule has 0 heterocycles. The fourth-order valence-electron chi connectivity index (χ4n) is 1.80. The number of nitrogens with one attached hydrogen (secondary N) is 1. The Labute approximate surface area is 119 Å². The largest absolute Gasteiger partial charge is 0.462 e. The molecule has 0 aliphatic carbocycles. The van der Waals surface area contributed by atoms with Gasteiger partial charge in [-0.3, -0.25) is 4.79 Å². The van der Waals surface area contributed by atoms with Gasteiger partial charge in [0, 0.05) is 18.8 Å². The molecule has 0 aliphatic rings. The van der Waals surface area contributed by atoms with E-state index in [1.807, 2.05) is 13.8 Å². The number of carbonyl (C=O) groups is 2. The first-order chi connectivity index (χ1) is 9.62. The highest BCUT2D eigenvalue weighted by molar-refractivity contribution is 5.90. The average Bonchev–Trinajstić information content (AvgIpc) is 2.47. The molecule has 0 aliphatic heterocycles. The zero-order chi connectivity index (χ0) is 15.0. The molecule has 0 atom stereocenters. The van der Waals surface area contributed by atoms with Crippen LogP contribution in [0.25, 0.3) is 0 Å². The molecule has 0 aromatic heterocycles. The number of hydrogen-bond donors (Lipinski definition) is 1. The van der Waals surface area contributed by atoms with Gasteiger partial charge in [0.1, 0.15) is 0 Å². The number of hydrogen-bond acceptors (Lipinski definition) is 4. The van der Waals surface area contributed by atoms with Gasteiger partial charge in [0.05, 0.1) is 18.7 Å². The molecule has 0 fully saturated rings. The van der Waals surface area contributed by atoms with Gasteiger partial charge in [-0.15, -0.1) is 0 Å². The van der Waals surface area contributed by atoms with E-state index in [0.717, 1.165) is 5.69 Å². The molecule has 1 aromatic rings. The van der Waals surface area contributed by atoms with Crippen molar-refractivity contribution in [1.82, 2.24) is 4.90 Å². The normalized spacial score (nSPS) is 9.95. The first-order valence-electron chi connectivity index (χ1n) is 6.91. The molecule has 0 bridgehead atoms. The molecule has 20 heavy (non-hydrogen) atoms. The Hall–Kier alpha value is -2.04. The molecule has 0 saturated heterocycles. The summed E-state index contributed by atoms with van der Waals surface area (Å²) in [6.45, 7) is 7.70. The molecular formula is C15H22N2O3. The van der Waals surface area contributed by atoms with Crippen LogP contribution in [-0.2, 0) is 9.53 Å². The van der Waals surface area contributed by atoms with Crippen molar-refractivity contribution in [3.63, 3.8) is 0 Å². The lowest BCUT2D eigenvalue weighted by molar-refractivity contribution is -0.128. The smallest absolute Gasteiger partial charge is 0.338 e. The number of anilines is 1. The second-order valence-electron chi connectivity index (χ2n) is 4.22. The zero-order valence-electron chi connectivity index (χ0n) is 12.3. The maximum Gasteiger partial charge on any atom is 0.338 e. The van der Waals surface area contributed by atoms with Crippen LogP contribution < -0.4 is 5.32 Å². The summed E-state index contributed by atoms with van der Waals surface area (Å²) in [4.78, 5) is 25.1. The second-order valence-corrected chi connectivity index (χ2v) is 4.22. The molecule has 1 N–H and O–H groups in total. The highest BCUT2D eigenvalue weighted by Gasteiger charge is 2.09. The van der Waals surface area contributed by atoms with Crippen LogP contribution in [-0.4, -0.2) is 43.0 Å². The molecule has 0 saturated carbocycles. The first kappa shape index (κ1) is 16.0. The Kier molecular flexibility index (Phi) is 6.56. The summed E-state index contributed by atoms with van der Waals surface area (Å²) in [5.41, 5.74) is 1.31. The van der Waals surface area contributed by atoms with E-state index in [9.17, 15) is 9.59 Å². The van der Waals surface area contributed by atoms with E-state index in [2.05, 4.69) is 5.32 Å². The zero-order valence-corrected chi connectivity index (χ0v) is 12.3. The van der Waals surface area contributed by atoms with Crippen molar-refractivity contribution >= 4 is 17.6 Å². The Balaban J connectivity index is 2.53. The van der Waals surface area contributed by atoms with Crippen LogP contribution in [0, 0.1) is 0 Å². The second kappa shape index (κ2) is 8.19. The first-order valence-corrected chi connectivity index (χ1v) is 6.91. The van der Waals surface area contributed by atoms with Crippen molar-refractivity contribution in [2.24, 2.45) is 0 Å². The van der Waals surface area contributed by atoms with Crippen LogP contribution in [0.3, 0.4) is 0 Å². The molecule has 110 valence electrons. The van der Waals surface area contributed by atoms with E-state index < -0.39 is 0 Å². The van der Waals surface area contributed by atoms with Crippen molar-refractivity contribution in [1.29, 1.82) is 0 Å². The van der Waals surface area contributed by atoms with Gasteiger partial charge in [-0.05, 0) is 45.0 Å². The lowest BCUT2D eigenvalue weighted by Crippen LogP contribution is -2.35. The summed E-state index contributed by atoms with van der Waals surface area (Å²) in [7, 11) is 0. The molecule has 0 radical (unpaired) electrons.